The quantitative estimate of drug-likeness (QED) is 0.428. The highest BCUT2D eigenvalue weighted by Gasteiger charge is 2.33. The van der Waals surface area contributed by atoms with Gasteiger partial charge in [0.2, 0.25) is 0 Å². The number of fused-ring (bicyclic) bond motifs is 4. The van der Waals surface area contributed by atoms with Crippen molar-refractivity contribution in [3.8, 4) is 11.5 Å². The van der Waals surface area contributed by atoms with Crippen molar-refractivity contribution in [3.05, 3.63) is 59.7 Å². The molecule has 1 aromatic heterocycles. The van der Waals surface area contributed by atoms with Gasteiger partial charge in [0, 0.05) is 35.0 Å². The van der Waals surface area contributed by atoms with Gasteiger partial charge < -0.3 is 24.3 Å². The number of phenols is 1. The van der Waals surface area contributed by atoms with Crippen LogP contribution in [-0.2, 0) is 17.8 Å². The number of nitrogens with one attached hydrogen (secondary N) is 1. The molecule has 0 radical (unpaired) electrons. The molecule has 6 nitrogen and oxygen atoms in total. The SMILES string of the molecule is Cc1cccc2c(O)cc3c(c12)CCN3[S+]([O-])c1cc2cc(OCCN(C)C)ccc2[nH]1. The summed E-state index contributed by atoms with van der Waals surface area (Å²) in [5.74, 6) is 1.02. The molecule has 7 heteroatoms. The maximum absolute atomic E-state index is 13.5. The van der Waals surface area contributed by atoms with Crippen LogP contribution < -0.4 is 9.04 Å². The standard InChI is InChI=1S/C25H27N3O3S/c1-16-5-4-6-20-23(29)15-22-19(25(16)20)9-10-28(22)32(30)24-14-17-13-18(7-8-21(17)26-24)31-12-11-27(2)3/h4-8,13-15,26,29H,9-12H2,1-3H3. The second-order valence-electron chi connectivity index (χ2n) is 8.53. The second kappa shape index (κ2) is 8.24. The monoisotopic (exact) mass is 449 g/mol. The highest BCUT2D eigenvalue weighted by atomic mass is 32.2. The van der Waals surface area contributed by atoms with Crippen molar-refractivity contribution in [2.24, 2.45) is 0 Å². The molecule has 0 bridgehead atoms. The van der Waals surface area contributed by atoms with Gasteiger partial charge in [-0.15, -0.1) is 0 Å². The molecular weight excluding hydrogens is 422 g/mol. The van der Waals surface area contributed by atoms with Gasteiger partial charge in [0.1, 0.15) is 29.5 Å². The van der Waals surface area contributed by atoms with Crippen LogP contribution in [0.1, 0.15) is 11.1 Å². The van der Waals surface area contributed by atoms with Crippen molar-refractivity contribution in [1.29, 1.82) is 0 Å². The molecule has 166 valence electrons. The second-order valence-corrected chi connectivity index (χ2v) is 9.91. The molecule has 1 aliphatic rings. The fourth-order valence-electron chi connectivity index (χ4n) is 4.42. The molecule has 1 aliphatic heterocycles. The number of H-pyrrole nitrogens is 1. The molecule has 0 saturated heterocycles. The van der Waals surface area contributed by atoms with Crippen molar-refractivity contribution < 1.29 is 14.4 Å². The lowest BCUT2D eigenvalue weighted by atomic mass is 9.97. The topological polar surface area (TPSA) is 74.8 Å². The molecule has 0 saturated carbocycles. The Hall–Kier alpha value is -2.87. The summed E-state index contributed by atoms with van der Waals surface area (Å²) in [6, 6.07) is 15.5. The number of anilines is 1. The van der Waals surface area contributed by atoms with E-state index in [2.05, 4.69) is 22.9 Å². The summed E-state index contributed by atoms with van der Waals surface area (Å²) in [5.41, 5.74) is 4.03. The highest BCUT2D eigenvalue weighted by molar-refractivity contribution is 7.92. The van der Waals surface area contributed by atoms with Crippen LogP contribution in [0.3, 0.4) is 0 Å². The smallest absolute Gasteiger partial charge is 0.251 e. The number of hydrogen-bond donors (Lipinski definition) is 2. The zero-order chi connectivity index (χ0) is 22.4. The first kappa shape index (κ1) is 21.0. The zero-order valence-electron chi connectivity index (χ0n) is 18.5. The number of nitrogens with zero attached hydrogens (tertiary/aromatic N) is 2. The van der Waals surface area contributed by atoms with Gasteiger partial charge in [-0.2, -0.15) is 4.31 Å². The third kappa shape index (κ3) is 3.66. The molecule has 3 aromatic carbocycles. The van der Waals surface area contributed by atoms with E-state index in [0.29, 0.717) is 18.2 Å². The van der Waals surface area contributed by atoms with Crippen molar-refractivity contribution >= 4 is 38.7 Å². The minimum absolute atomic E-state index is 0.225. The van der Waals surface area contributed by atoms with E-state index in [1.807, 2.05) is 54.8 Å². The van der Waals surface area contributed by atoms with Gasteiger partial charge in [-0.05, 0) is 62.2 Å². The molecule has 5 rings (SSSR count). The van der Waals surface area contributed by atoms with Crippen LogP contribution >= 0.6 is 0 Å². The summed E-state index contributed by atoms with van der Waals surface area (Å²) in [7, 11) is 4.03. The van der Waals surface area contributed by atoms with E-state index >= 15 is 0 Å². The van der Waals surface area contributed by atoms with E-state index in [-0.39, 0.29) is 5.75 Å². The summed E-state index contributed by atoms with van der Waals surface area (Å²) >= 11 is -1.41. The molecule has 0 aliphatic carbocycles. The number of ether oxygens (including phenoxy) is 1. The summed E-state index contributed by atoms with van der Waals surface area (Å²) < 4.78 is 21.2. The number of hydrogen-bond acceptors (Lipinski definition) is 5. The third-order valence-electron chi connectivity index (χ3n) is 6.03. The molecular formula is C25H27N3O3S. The maximum Gasteiger partial charge on any atom is 0.251 e. The van der Waals surface area contributed by atoms with Gasteiger partial charge in [-0.25, -0.2) is 0 Å². The van der Waals surface area contributed by atoms with Crippen LogP contribution in [0, 0.1) is 6.92 Å². The Morgan fingerprint density at radius 1 is 1.19 bits per heavy atom. The van der Waals surface area contributed by atoms with E-state index in [0.717, 1.165) is 57.2 Å². The summed E-state index contributed by atoms with van der Waals surface area (Å²) in [5, 5.41) is 14.2. The summed E-state index contributed by atoms with van der Waals surface area (Å²) in [6.45, 7) is 4.15. The van der Waals surface area contributed by atoms with Crippen molar-refractivity contribution in [2.75, 3.05) is 38.1 Å². The molecule has 1 unspecified atom stereocenters. The number of likely N-dealkylation sites (N-methyl/N-ethyl adjacent to an activating group) is 1. The Kier molecular flexibility index (Phi) is 5.41. The largest absolute Gasteiger partial charge is 0.586 e. The Morgan fingerprint density at radius 3 is 2.84 bits per heavy atom. The predicted molar refractivity (Wildman–Crippen MR) is 130 cm³/mol. The van der Waals surface area contributed by atoms with E-state index in [1.54, 1.807) is 6.07 Å². The maximum atomic E-state index is 13.5. The van der Waals surface area contributed by atoms with Crippen LogP contribution in [0.15, 0.2) is 53.6 Å². The number of rotatable bonds is 6. The zero-order valence-corrected chi connectivity index (χ0v) is 19.3. The van der Waals surface area contributed by atoms with Crippen LogP contribution in [0.2, 0.25) is 0 Å². The number of aromatic amines is 1. The molecule has 0 amide bonds. The van der Waals surface area contributed by atoms with Gasteiger partial charge in [0.25, 0.3) is 5.03 Å². The molecule has 0 spiro atoms. The number of benzene rings is 3. The predicted octanol–water partition coefficient (Wildman–Crippen LogP) is 4.36. The van der Waals surface area contributed by atoms with Gasteiger partial charge in [-0.1, -0.05) is 18.2 Å². The van der Waals surface area contributed by atoms with E-state index in [9.17, 15) is 9.66 Å². The van der Waals surface area contributed by atoms with Crippen LogP contribution in [0.5, 0.6) is 11.5 Å². The number of aromatic hydroxyl groups is 1. The first-order valence-corrected chi connectivity index (χ1v) is 11.9. The van der Waals surface area contributed by atoms with Gasteiger partial charge in [0.15, 0.2) is 0 Å². The first-order chi connectivity index (χ1) is 15.4. The Labute approximate surface area is 190 Å². The van der Waals surface area contributed by atoms with E-state index < -0.39 is 11.4 Å². The lowest BCUT2D eigenvalue weighted by molar-refractivity contribution is 0.261. The molecule has 1 atom stereocenters. The van der Waals surface area contributed by atoms with Crippen LogP contribution in [-0.4, -0.2) is 53.3 Å². The molecule has 0 fully saturated rings. The Balaban J connectivity index is 1.45. The highest BCUT2D eigenvalue weighted by Crippen LogP contribution is 2.43. The number of aryl methyl sites for hydroxylation is 1. The molecule has 32 heavy (non-hydrogen) atoms. The van der Waals surface area contributed by atoms with Gasteiger partial charge in [-0.3, -0.25) is 0 Å². The van der Waals surface area contributed by atoms with Gasteiger partial charge >= 0.3 is 0 Å². The lowest BCUT2D eigenvalue weighted by Gasteiger charge is -2.21. The lowest BCUT2D eigenvalue weighted by Crippen LogP contribution is -2.29. The fourth-order valence-corrected chi connectivity index (χ4v) is 5.68. The van der Waals surface area contributed by atoms with Crippen molar-refractivity contribution in [2.45, 2.75) is 18.4 Å². The fraction of sp³-hybridized carbons (Fsp3) is 0.280. The third-order valence-corrected chi connectivity index (χ3v) is 7.41. The van der Waals surface area contributed by atoms with Crippen molar-refractivity contribution in [3.63, 3.8) is 0 Å². The number of aromatic nitrogens is 1. The summed E-state index contributed by atoms with van der Waals surface area (Å²) in [4.78, 5) is 5.38. The first-order valence-electron chi connectivity index (χ1n) is 10.8. The van der Waals surface area contributed by atoms with Gasteiger partial charge in [0.05, 0.1) is 12.2 Å². The van der Waals surface area contributed by atoms with E-state index in [4.69, 9.17) is 4.74 Å². The minimum Gasteiger partial charge on any atom is -0.586 e. The summed E-state index contributed by atoms with van der Waals surface area (Å²) in [6.07, 6.45) is 0.798. The normalized spacial score (nSPS) is 14.5. The van der Waals surface area contributed by atoms with E-state index in [1.165, 1.54) is 0 Å². The van der Waals surface area contributed by atoms with Crippen LogP contribution in [0.25, 0.3) is 21.7 Å². The molecule has 2 heterocycles. The molecule has 4 aromatic rings. The Bertz CT molecular complexity index is 1300. The minimum atomic E-state index is -1.41. The van der Waals surface area contributed by atoms with Crippen LogP contribution in [0.4, 0.5) is 5.69 Å². The average molecular weight is 450 g/mol. The Morgan fingerprint density at radius 2 is 2.03 bits per heavy atom. The molecule has 2 N–H and O–H groups in total. The number of phenolic OH excluding ortho intramolecular Hbond substituents is 1. The average Bonchev–Trinajstić information content (AvgIpc) is 3.37. The van der Waals surface area contributed by atoms with Crippen molar-refractivity contribution in [1.82, 2.24) is 9.88 Å².